The van der Waals surface area contributed by atoms with Crippen molar-refractivity contribution in [3.8, 4) is 0 Å². The highest BCUT2D eigenvalue weighted by Gasteiger charge is 2.25. The minimum atomic E-state index is 0.117. The van der Waals surface area contributed by atoms with Crippen LogP contribution >= 0.6 is 35.0 Å². The SMILES string of the molecule is O=C1CSCC1Cc1cccc(Cl)c1Cl. The zero-order valence-corrected chi connectivity index (χ0v) is 10.3. The number of halogens is 2. The van der Waals surface area contributed by atoms with E-state index in [2.05, 4.69) is 0 Å². The first-order chi connectivity index (χ1) is 7.18. The van der Waals surface area contributed by atoms with E-state index in [-0.39, 0.29) is 5.92 Å². The van der Waals surface area contributed by atoms with E-state index in [1.807, 2.05) is 12.1 Å². The fraction of sp³-hybridized carbons (Fsp3) is 0.364. The second kappa shape index (κ2) is 4.77. The van der Waals surface area contributed by atoms with Crippen LogP contribution in [0.1, 0.15) is 5.56 Å². The second-order valence-corrected chi connectivity index (χ2v) is 5.41. The molecule has 1 aliphatic heterocycles. The van der Waals surface area contributed by atoms with Gasteiger partial charge in [0.05, 0.1) is 15.8 Å². The summed E-state index contributed by atoms with van der Waals surface area (Å²) in [5.74, 6) is 1.99. The van der Waals surface area contributed by atoms with E-state index in [0.29, 0.717) is 28.0 Å². The lowest BCUT2D eigenvalue weighted by atomic mass is 9.98. The Balaban J connectivity index is 2.17. The molecule has 1 heterocycles. The quantitative estimate of drug-likeness (QED) is 0.810. The van der Waals surface area contributed by atoms with Gasteiger partial charge in [-0.2, -0.15) is 11.8 Å². The molecule has 1 unspecified atom stereocenters. The molecule has 1 aromatic carbocycles. The molecule has 1 nitrogen and oxygen atoms in total. The molecule has 4 heteroatoms. The summed E-state index contributed by atoms with van der Waals surface area (Å²) >= 11 is 13.7. The molecular formula is C11H10Cl2OS. The highest BCUT2D eigenvalue weighted by molar-refractivity contribution is 8.00. The van der Waals surface area contributed by atoms with Gasteiger partial charge in [-0.3, -0.25) is 4.79 Å². The van der Waals surface area contributed by atoms with Crippen LogP contribution < -0.4 is 0 Å². The van der Waals surface area contributed by atoms with E-state index in [4.69, 9.17) is 23.2 Å². The van der Waals surface area contributed by atoms with Crippen LogP contribution in [0, 0.1) is 5.92 Å². The van der Waals surface area contributed by atoms with Gasteiger partial charge in [-0.05, 0) is 18.1 Å². The molecule has 1 saturated heterocycles. The molecule has 0 amide bonds. The Morgan fingerprint density at radius 3 is 2.87 bits per heavy atom. The van der Waals surface area contributed by atoms with Crippen molar-refractivity contribution >= 4 is 40.7 Å². The first-order valence-electron chi connectivity index (χ1n) is 4.72. The van der Waals surface area contributed by atoms with Gasteiger partial charge in [0, 0.05) is 11.7 Å². The van der Waals surface area contributed by atoms with E-state index in [0.717, 1.165) is 11.3 Å². The molecule has 1 atom stereocenters. The minimum Gasteiger partial charge on any atom is -0.298 e. The van der Waals surface area contributed by atoms with Gasteiger partial charge >= 0.3 is 0 Å². The van der Waals surface area contributed by atoms with Crippen LogP contribution in [0.2, 0.25) is 10.0 Å². The van der Waals surface area contributed by atoms with Gasteiger partial charge in [0.1, 0.15) is 5.78 Å². The molecular weight excluding hydrogens is 251 g/mol. The van der Waals surface area contributed by atoms with Gasteiger partial charge < -0.3 is 0 Å². The van der Waals surface area contributed by atoms with Gasteiger partial charge in [0.25, 0.3) is 0 Å². The van der Waals surface area contributed by atoms with Crippen molar-refractivity contribution in [2.24, 2.45) is 5.92 Å². The van der Waals surface area contributed by atoms with Crippen LogP contribution in [0.25, 0.3) is 0 Å². The predicted octanol–water partition coefficient (Wildman–Crippen LogP) is 3.47. The molecule has 0 aliphatic carbocycles. The zero-order chi connectivity index (χ0) is 10.8. The Hall–Kier alpha value is -0.180. The number of hydrogen-bond acceptors (Lipinski definition) is 2. The molecule has 0 saturated carbocycles. The van der Waals surface area contributed by atoms with Crippen LogP contribution in [0.5, 0.6) is 0 Å². The highest BCUT2D eigenvalue weighted by atomic mass is 35.5. The molecule has 0 bridgehead atoms. The Bertz CT molecular complexity index is 392. The van der Waals surface area contributed by atoms with Crippen molar-refractivity contribution in [3.05, 3.63) is 33.8 Å². The summed E-state index contributed by atoms with van der Waals surface area (Å²) in [7, 11) is 0. The van der Waals surface area contributed by atoms with E-state index < -0.39 is 0 Å². The highest BCUT2D eigenvalue weighted by Crippen LogP contribution is 2.30. The minimum absolute atomic E-state index is 0.117. The molecule has 1 fully saturated rings. The van der Waals surface area contributed by atoms with Crippen molar-refractivity contribution in [2.75, 3.05) is 11.5 Å². The molecule has 0 aromatic heterocycles. The van der Waals surface area contributed by atoms with Gasteiger partial charge in [0.15, 0.2) is 0 Å². The fourth-order valence-corrected chi connectivity index (χ4v) is 3.20. The summed E-state index contributed by atoms with van der Waals surface area (Å²) in [4.78, 5) is 11.5. The van der Waals surface area contributed by atoms with Crippen LogP contribution in [0.15, 0.2) is 18.2 Å². The monoisotopic (exact) mass is 260 g/mol. The van der Waals surface area contributed by atoms with Crippen molar-refractivity contribution in [3.63, 3.8) is 0 Å². The van der Waals surface area contributed by atoms with E-state index >= 15 is 0 Å². The first-order valence-corrected chi connectivity index (χ1v) is 6.63. The van der Waals surface area contributed by atoms with Crippen molar-refractivity contribution in [1.82, 2.24) is 0 Å². The number of Topliss-reactive ketones (excluding diaryl/α,β-unsaturated/α-hetero) is 1. The Labute approximate surface area is 103 Å². The summed E-state index contributed by atoms with van der Waals surface area (Å²) in [6, 6.07) is 5.57. The summed E-state index contributed by atoms with van der Waals surface area (Å²) in [5.41, 5.74) is 0.977. The standard InChI is InChI=1S/C11H10Cl2OS/c12-9-3-1-2-7(11(9)13)4-8-5-15-6-10(8)14/h1-3,8H,4-6H2. The molecule has 2 rings (SSSR count). The number of hydrogen-bond donors (Lipinski definition) is 0. The maximum Gasteiger partial charge on any atom is 0.146 e. The smallest absolute Gasteiger partial charge is 0.146 e. The van der Waals surface area contributed by atoms with E-state index in [1.54, 1.807) is 17.8 Å². The topological polar surface area (TPSA) is 17.1 Å². The third-order valence-corrected chi connectivity index (χ3v) is 4.50. The van der Waals surface area contributed by atoms with Crippen LogP contribution in [-0.4, -0.2) is 17.3 Å². The van der Waals surface area contributed by atoms with Crippen molar-refractivity contribution in [2.45, 2.75) is 6.42 Å². The van der Waals surface area contributed by atoms with E-state index in [1.165, 1.54) is 0 Å². The normalized spacial score (nSPS) is 20.9. The number of thioether (sulfide) groups is 1. The van der Waals surface area contributed by atoms with Crippen molar-refractivity contribution in [1.29, 1.82) is 0 Å². The van der Waals surface area contributed by atoms with Crippen LogP contribution in [0.3, 0.4) is 0 Å². The summed E-state index contributed by atoms with van der Waals surface area (Å²) in [6.07, 6.45) is 0.714. The molecule has 15 heavy (non-hydrogen) atoms. The fourth-order valence-electron chi connectivity index (χ4n) is 1.66. The lowest BCUT2D eigenvalue weighted by molar-refractivity contribution is -0.119. The number of ketones is 1. The lowest BCUT2D eigenvalue weighted by Gasteiger charge is -2.09. The molecule has 0 N–H and O–H groups in total. The third-order valence-electron chi connectivity index (χ3n) is 2.52. The summed E-state index contributed by atoms with van der Waals surface area (Å²) in [5, 5.41) is 1.15. The number of benzene rings is 1. The van der Waals surface area contributed by atoms with Gasteiger partial charge in [-0.25, -0.2) is 0 Å². The molecule has 80 valence electrons. The predicted molar refractivity (Wildman–Crippen MR) is 66.0 cm³/mol. The Morgan fingerprint density at radius 1 is 1.40 bits per heavy atom. The van der Waals surface area contributed by atoms with Crippen LogP contribution in [-0.2, 0) is 11.2 Å². The van der Waals surface area contributed by atoms with Crippen molar-refractivity contribution < 1.29 is 4.79 Å². The molecule has 0 spiro atoms. The van der Waals surface area contributed by atoms with Gasteiger partial charge in [-0.1, -0.05) is 35.3 Å². The first kappa shape index (κ1) is 11.3. The second-order valence-electron chi connectivity index (χ2n) is 3.60. The molecule has 1 aromatic rings. The maximum absolute atomic E-state index is 11.5. The number of carbonyl (C=O) groups excluding carboxylic acids is 1. The Morgan fingerprint density at radius 2 is 2.20 bits per heavy atom. The van der Waals surface area contributed by atoms with E-state index in [9.17, 15) is 4.79 Å². The van der Waals surface area contributed by atoms with Crippen LogP contribution in [0.4, 0.5) is 0 Å². The van der Waals surface area contributed by atoms with Gasteiger partial charge in [0.2, 0.25) is 0 Å². The zero-order valence-electron chi connectivity index (χ0n) is 8.00. The Kier molecular flexibility index (Phi) is 3.60. The van der Waals surface area contributed by atoms with Gasteiger partial charge in [-0.15, -0.1) is 0 Å². The largest absolute Gasteiger partial charge is 0.298 e. The summed E-state index contributed by atoms with van der Waals surface area (Å²) < 4.78 is 0. The molecule has 1 aliphatic rings. The average Bonchev–Trinajstić information content (AvgIpc) is 2.60. The number of carbonyl (C=O) groups is 1. The average molecular weight is 261 g/mol. The summed E-state index contributed by atoms with van der Waals surface area (Å²) in [6.45, 7) is 0. The lowest BCUT2D eigenvalue weighted by Crippen LogP contribution is -2.14. The number of rotatable bonds is 2. The third kappa shape index (κ3) is 2.49. The molecule has 0 radical (unpaired) electrons. The maximum atomic E-state index is 11.5.